The van der Waals surface area contributed by atoms with Crippen molar-refractivity contribution in [1.29, 1.82) is 0 Å². The van der Waals surface area contributed by atoms with Crippen molar-refractivity contribution in [2.45, 2.75) is 19.9 Å². The normalized spacial score (nSPS) is 11.8. The van der Waals surface area contributed by atoms with Gasteiger partial charge in [-0.15, -0.1) is 0 Å². The van der Waals surface area contributed by atoms with Crippen molar-refractivity contribution in [3.8, 4) is 22.9 Å². The SMILES string of the molecule is CC(=O)N[C@H](C)c1nc(-c2ccc(Oc3ccccc3)cc2)no1. The number of ether oxygens (including phenoxy) is 1. The Bertz CT molecular complexity index is 813. The average molecular weight is 323 g/mol. The lowest BCUT2D eigenvalue weighted by Gasteiger charge is -2.06. The second-order valence-corrected chi connectivity index (χ2v) is 5.32. The molecule has 0 aliphatic heterocycles. The van der Waals surface area contributed by atoms with Crippen molar-refractivity contribution in [2.75, 3.05) is 0 Å². The molecule has 6 nitrogen and oxygen atoms in total. The molecule has 0 spiro atoms. The minimum atomic E-state index is -0.329. The van der Waals surface area contributed by atoms with E-state index in [0.29, 0.717) is 11.7 Å². The van der Waals surface area contributed by atoms with Crippen LogP contribution in [0.4, 0.5) is 0 Å². The van der Waals surface area contributed by atoms with Gasteiger partial charge in [-0.25, -0.2) is 0 Å². The third-order valence-corrected chi connectivity index (χ3v) is 3.32. The van der Waals surface area contributed by atoms with E-state index in [0.717, 1.165) is 17.1 Å². The highest BCUT2D eigenvalue weighted by Crippen LogP contribution is 2.25. The maximum absolute atomic E-state index is 11.1. The molecule has 0 aliphatic rings. The average Bonchev–Trinajstić information content (AvgIpc) is 3.06. The third-order valence-electron chi connectivity index (χ3n) is 3.32. The fraction of sp³-hybridized carbons (Fsp3) is 0.167. The van der Waals surface area contributed by atoms with E-state index in [2.05, 4.69) is 15.5 Å². The largest absolute Gasteiger partial charge is 0.457 e. The van der Waals surface area contributed by atoms with E-state index < -0.39 is 0 Å². The van der Waals surface area contributed by atoms with Gasteiger partial charge in [0.15, 0.2) is 0 Å². The second kappa shape index (κ2) is 6.95. The summed E-state index contributed by atoms with van der Waals surface area (Å²) in [4.78, 5) is 15.4. The van der Waals surface area contributed by atoms with E-state index in [4.69, 9.17) is 9.26 Å². The lowest BCUT2D eigenvalue weighted by Crippen LogP contribution is -2.23. The number of aromatic nitrogens is 2. The summed E-state index contributed by atoms with van der Waals surface area (Å²) in [7, 11) is 0. The number of nitrogens with zero attached hydrogens (tertiary/aromatic N) is 2. The van der Waals surface area contributed by atoms with Crippen LogP contribution in [0.15, 0.2) is 59.1 Å². The number of carbonyl (C=O) groups excluding carboxylic acids is 1. The molecule has 1 N–H and O–H groups in total. The van der Waals surface area contributed by atoms with Crippen LogP contribution in [0, 0.1) is 0 Å². The fourth-order valence-corrected chi connectivity index (χ4v) is 2.19. The molecule has 122 valence electrons. The maximum atomic E-state index is 11.1. The molecular formula is C18H17N3O3. The third kappa shape index (κ3) is 3.78. The molecule has 3 rings (SSSR count). The molecular weight excluding hydrogens is 306 g/mol. The van der Waals surface area contributed by atoms with Gasteiger partial charge in [0.1, 0.15) is 17.5 Å². The van der Waals surface area contributed by atoms with Gasteiger partial charge >= 0.3 is 0 Å². The van der Waals surface area contributed by atoms with Crippen LogP contribution < -0.4 is 10.1 Å². The predicted octanol–water partition coefficient (Wildman–Crippen LogP) is 3.73. The molecule has 2 aromatic carbocycles. The fourth-order valence-electron chi connectivity index (χ4n) is 2.19. The van der Waals surface area contributed by atoms with Crippen molar-refractivity contribution < 1.29 is 14.1 Å². The van der Waals surface area contributed by atoms with E-state index in [1.54, 1.807) is 6.92 Å². The van der Waals surface area contributed by atoms with Crippen molar-refractivity contribution in [3.05, 3.63) is 60.5 Å². The number of hydrogen-bond donors (Lipinski definition) is 1. The van der Waals surface area contributed by atoms with Crippen molar-refractivity contribution >= 4 is 5.91 Å². The Balaban J connectivity index is 1.72. The van der Waals surface area contributed by atoms with Crippen molar-refractivity contribution in [3.63, 3.8) is 0 Å². The number of nitrogens with one attached hydrogen (secondary N) is 1. The summed E-state index contributed by atoms with van der Waals surface area (Å²) in [5.74, 6) is 2.18. The standard InChI is InChI=1S/C18H17N3O3/c1-12(19-13(2)22)18-20-17(21-24-18)14-8-10-16(11-9-14)23-15-6-4-3-5-7-15/h3-12H,1-2H3,(H,19,22)/t12-/m1/s1. The summed E-state index contributed by atoms with van der Waals surface area (Å²) < 4.78 is 10.9. The number of amides is 1. The van der Waals surface area contributed by atoms with Gasteiger partial charge in [-0.1, -0.05) is 23.4 Å². The first-order valence-electron chi connectivity index (χ1n) is 7.56. The Morgan fingerprint density at radius 2 is 1.75 bits per heavy atom. The quantitative estimate of drug-likeness (QED) is 0.774. The first kappa shape index (κ1) is 15.7. The molecule has 1 amide bonds. The van der Waals surface area contributed by atoms with Crippen LogP contribution in [-0.4, -0.2) is 16.0 Å². The van der Waals surface area contributed by atoms with Crippen LogP contribution in [0.25, 0.3) is 11.4 Å². The number of para-hydroxylation sites is 1. The number of benzene rings is 2. The van der Waals surface area contributed by atoms with Gasteiger partial charge in [0.25, 0.3) is 0 Å². The molecule has 1 atom stereocenters. The zero-order valence-electron chi connectivity index (χ0n) is 13.4. The summed E-state index contributed by atoms with van der Waals surface area (Å²) in [5.41, 5.74) is 0.806. The molecule has 24 heavy (non-hydrogen) atoms. The summed E-state index contributed by atoms with van der Waals surface area (Å²) in [6.45, 7) is 3.23. The molecule has 0 saturated heterocycles. The minimum Gasteiger partial charge on any atom is -0.457 e. The van der Waals surface area contributed by atoms with E-state index in [9.17, 15) is 4.79 Å². The highest BCUT2D eigenvalue weighted by atomic mass is 16.5. The summed E-state index contributed by atoms with van der Waals surface area (Å²) in [5, 5.41) is 6.66. The summed E-state index contributed by atoms with van der Waals surface area (Å²) in [6, 6.07) is 16.6. The monoisotopic (exact) mass is 323 g/mol. The Kier molecular flexibility index (Phi) is 4.56. The minimum absolute atomic E-state index is 0.148. The molecule has 6 heteroatoms. The lowest BCUT2D eigenvalue weighted by molar-refractivity contribution is -0.119. The number of hydrogen-bond acceptors (Lipinski definition) is 5. The van der Waals surface area contributed by atoms with Crippen LogP contribution >= 0.6 is 0 Å². The zero-order valence-corrected chi connectivity index (χ0v) is 13.4. The van der Waals surface area contributed by atoms with Crippen LogP contribution in [0.2, 0.25) is 0 Å². The summed E-state index contributed by atoms with van der Waals surface area (Å²) in [6.07, 6.45) is 0. The number of rotatable bonds is 5. The van der Waals surface area contributed by atoms with Gasteiger partial charge in [0.2, 0.25) is 17.6 Å². The Morgan fingerprint density at radius 3 is 2.42 bits per heavy atom. The molecule has 0 bridgehead atoms. The molecule has 1 aromatic heterocycles. The van der Waals surface area contributed by atoms with E-state index in [-0.39, 0.29) is 11.9 Å². The lowest BCUT2D eigenvalue weighted by atomic mass is 10.2. The van der Waals surface area contributed by atoms with Gasteiger partial charge in [-0.05, 0) is 43.3 Å². The molecule has 0 unspecified atom stereocenters. The smallest absolute Gasteiger partial charge is 0.249 e. The molecule has 0 fully saturated rings. The first-order chi connectivity index (χ1) is 11.6. The highest BCUT2D eigenvalue weighted by Gasteiger charge is 2.15. The maximum Gasteiger partial charge on any atom is 0.249 e. The number of carbonyl (C=O) groups is 1. The molecule has 0 saturated carbocycles. The van der Waals surface area contributed by atoms with Gasteiger partial charge in [0, 0.05) is 12.5 Å². The molecule has 0 radical (unpaired) electrons. The van der Waals surface area contributed by atoms with Crippen molar-refractivity contribution in [1.82, 2.24) is 15.5 Å². The van der Waals surface area contributed by atoms with E-state index in [1.165, 1.54) is 6.92 Å². The summed E-state index contributed by atoms with van der Waals surface area (Å²) >= 11 is 0. The topological polar surface area (TPSA) is 77.2 Å². The predicted molar refractivity (Wildman–Crippen MR) is 88.5 cm³/mol. The van der Waals surface area contributed by atoms with Gasteiger partial charge in [0.05, 0.1) is 0 Å². The highest BCUT2D eigenvalue weighted by molar-refractivity contribution is 5.73. The van der Waals surface area contributed by atoms with Crippen LogP contribution in [0.1, 0.15) is 25.8 Å². The van der Waals surface area contributed by atoms with Crippen LogP contribution in [0.3, 0.4) is 0 Å². The van der Waals surface area contributed by atoms with Crippen molar-refractivity contribution in [2.24, 2.45) is 0 Å². The van der Waals surface area contributed by atoms with E-state index in [1.807, 2.05) is 54.6 Å². The van der Waals surface area contributed by atoms with Crippen LogP contribution in [0.5, 0.6) is 11.5 Å². The Labute approximate surface area is 139 Å². The second-order valence-electron chi connectivity index (χ2n) is 5.32. The Hall–Kier alpha value is -3.15. The van der Waals surface area contributed by atoms with Gasteiger partial charge in [-0.3, -0.25) is 4.79 Å². The molecule has 3 aromatic rings. The first-order valence-corrected chi connectivity index (χ1v) is 7.56. The molecule has 1 heterocycles. The van der Waals surface area contributed by atoms with Crippen LogP contribution in [-0.2, 0) is 4.79 Å². The molecule has 0 aliphatic carbocycles. The van der Waals surface area contributed by atoms with Gasteiger partial charge in [-0.2, -0.15) is 4.98 Å². The zero-order chi connectivity index (χ0) is 16.9. The van der Waals surface area contributed by atoms with Gasteiger partial charge < -0.3 is 14.6 Å². The van der Waals surface area contributed by atoms with E-state index >= 15 is 0 Å². The Morgan fingerprint density at radius 1 is 1.08 bits per heavy atom.